The minimum Gasteiger partial charge on any atom is -0.492 e. The van der Waals surface area contributed by atoms with Crippen molar-refractivity contribution in [2.24, 2.45) is 0 Å². The van der Waals surface area contributed by atoms with Gasteiger partial charge in [-0.2, -0.15) is 0 Å². The van der Waals surface area contributed by atoms with Crippen LogP contribution in [-0.2, 0) is 0 Å². The molecule has 0 saturated carbocycles. The lowest BCUT2D eigenvalue weighted by Crippen LogP contribution is -2.00. The smallest absolute Gasteiger partial charge is 0.335 e. The highest BCUT2D eigenvalue weighted by Gasteiger charge is 2.07. The zero-order valence-electron chi connectivity index (χ0n) is 11.3. The van der Waals surface area contributed by atoms with Gasteiger partial charge in [0, 0.05) is 0 Å². The zero-order chi connectivity index (χ0) is 14.1. The van der Waals surface area contributed by atoms with Gasteiger partial charge in [-0.05, 0) is 40.5 Å². The van der Waals surface area contributed by atoms with Gasteiger partial charge in [0.1, 0.15) is 5.75 Å². The number of hydrogen-bond acceptors (Lipinski definition) is 2. The van der Waals surface area contributed by atoms with Crippen LogP contribution in [0.4, 0.5) is 0 Å². The van der Waals surface area contributed by atoms with Gasteiger partial charge in [-0.1, -0.05) is 39.0 Å². The van der Waals surface area contributed by atoms with Gasteiger partial charge in [0.15, 0.2) is 0 Å². The first kappa shape index (κ1) is 16.0. The summed E-state index contributed by atoms with van der Waals surface area (Å²) in [6.45, 7) is 2.89. The summed E-state index contributed by atoms with van der Waals surface area (Å²) in [4.78, 5) is 10.8. The van der Waals surface area contributed by atoms with Gasteiger partial charge >= 0.3 is 5.97 Å². The van der Waals surface area contributed by atoms with Gasteiger partial charge in [0.25, 0.3) is 0 Å². The average Bonchev–Trinajstić information content (AvgIpc) is 2.39. The van der Waals surface area contributed by atoms with Crippen molar-refractivity contribution in [3.63, 3.8) is 0 Å². The van der Waals surface area contributed by atoms with Crippen molar-refractivity contribution in [3.8, 4) is 5.75 Å². The molecule has 0 unspecified atom stereocenters. The third kappa shape index (κ3) is 6.10. The number of unbranched alkanes of at least 4 members (excludes halogenated alkanes) is 5. The number of ether oxygens (including phenoxy) is 1. The average molecular weight is 329 g/mol. The first-order chi connectivity index (χ1) is 9.15. The molecule has 0 aromatic heterocycles. The minimum atomic E-state index is -0.928. The Kier molecular flexibility index (Phi) is 7.56. The van der Waals surface area contributed by atoms with Crippen molar-refractivity contribution in [2.75, 3.05) is 6.61 Å². The maximum Gasteiger partial charge on any atom is 0.335 e. The topological polar surface area (TPSA) is 46.5 Å². The second kappa shape index (κ2) is 8.97. The number of hydrogen-bond donors (Lipinski definition) is 1. The normalized spacial score (nSPS) is 10.4. The number of carboxylic acid groups (broad SMARTS) is 1. The molecule has 4 heteroatoms. The predicted octanol–water partition coefficient (Wildman–Crippen LogP) is 4.89. The van der Waals surface area contributed by atoms with Crippen LogP contribution in [0.2, 0.25) is 0 Å². The maximum absolute atomic E-state index is 10.8. The van der Waals surface area contributed by atoms with Gasteiger partial charge in [-0.25, -0.2) is 4.79 Å². The molecule has 1 aromatic carbocycles. The molecule has 0 heterocycles. The largest absolute Gasteiger partial charge is 0.492 e. The van der Waals surface area contributed by atoms with Gasteiger partial charge in [-0.15, -0.1) is 0 Å². The summed E-state index contributed by atoms with van der Waals surface area (Å²) < 4.78 is 6.33. The standard InChI is InChI=1S/C15H21BrO3/c1-2-3-4-5-6-7-10-19-14-9-8-12(15(17)18)11-13(14)16/h8-9,11H,2-7,10H2,1H3,(H,17,18). The lowest BCUT2D eigenvalue weighted by Gasteiger charge is -2.08. The van der Waals surface area contributed by atoms with Crippen molar-refractivity contribution < 1.29 is 14.6 Å². The van der Waals surface area contributed by atoms with Gasteiger partial charge in [0.2, 0.25) is 0 Å². The predicted molar refractivity (Wildman–Crippen MR) is 80.0 cm³/mol. The van der Waals surface area contributed by atoms with Crippen LogP contribution in [0.5, 0.6) is 5.75 Å². The number of aromatic carboxylic acids is 1. The van der Waals surface area contributed by atoms with Crippen LogP contribution in [-0.4, -0.2) is 17.7 Å². The number of carboxylic acids is 1. The quantitative estimate of drug-likeness (QED) is 0.656. The van der Waals surface area contributed by atoms with Crippen LogP contribution in [0.3, 0.4) is 0 Å². The first-order valence-electron chi connectivity index (χ1n) is 6.80. The molecule has 0 atom stereocenters. The van der Waals surface area contributed by atoms with Crippen molar-refractivity contribution in [1.29, 1.82) is 0 Å². The monoisotopic (exact) mass is 328 g/mol. The summed E-state index contributed by atoms with van der Waals surface area (Å²) >= 11 is 3.33. The summed E-state index contributed by atoms with van der Waals surface area (Å²) in [6, 6.07) is 4.83. The molecule has 19 heavy (non-hydrogen) atoms. The second-order valence-electron chi connectivity index (χ2n) is 4.57. The molecule has 1 aromatic rings. The molecule has 1 rings (SSSR count). The lowest BCUT2D eigenvalue weighted by molar-refractivity contribution is 0.0697. The molecule has 0 fully saturated rings. The third-order valence-corrected chi connectivity index (χ3v) is 3.55. The van der Waals surface area contributed by atoms with E-state index >= 15 is 0 Å². The van der Waals surface area contributed by atoms with Crippen molar-refractivity contribution in [3.05, 3.63) is 28.2 Å². The highest BCUT2D eigenvalue weighted by Crippen LogP contribution is 2.26. The highest BCUT2D eigenvalue weighted by atomic mass is 79.9. The lowest BCUT2D eigenvalue weighted by atomic mass is 10.1. The zero-order valence-corrected chi connectivity index (χ0v) is 12.9. The molecule has 0 aliphatic carbocycles. The molecule has 0 amide bonds. The molecule has 1 N–H and O–H groups in total. The Bertz CT molecular complexity index is 404. The number of carbonyl (C=O) groups is 1. The van der Waals surface area contributed by atoms with E-state index in [9.17, 15) is 4.79 Å². The minimum absolute atomic E-state index is 0.263. The van der Waals surface area contributed by atoms with E-state index in [2.05, 4.69) is 22.9 Å². The van der Waals surface area contributed by atoms with Crippen LogP contribution in [0, 0.1) is 0 Å². The SMILES string of the molecule is CCCCCCCCOc1ccc(C(=O)O)cc1Br. The fourth-order valence-corrected chi connectivity index (χ4v) is 2.31. The van der Waals surface area contributed by atoms with Crippen LogP contribution in [0.15, 0.2) is 22.7 Å². The maximum atomic E-state index is 10.8. The van der Waals surface area contributed by atoms with Gasteiger partial charge < -0.3 is 9.84 Å². The van der Waals surface area contributed by atoms with Crippen LogP contribution in [0.1, 0.15) is 55.8 Å². The van der Waals surface area contributed by atoms with Crippen molar-refractivity contribution >= 4 is 21.9 Å². The summed E-state index contributed by atoms with van der Waals surface area (Å²) in [5.74, 6) is -0.221. The molecular weight excluding hydrogens is 308 g/mol. The number of benzene rings is 1. The fraction of sp³-hybridized carbons (Fsp3) is 0.533. The highest BCUT2D eigenvalue weighted by molar-refractivity contribution is 9.10. The van der Waals surface area contributed by atoms with Crippen molar-refractivity contribution in [1.82, 2.24) is 0 Å². The van der Waals surface area contributed by atoms with Gasteiger partial charge in [0.05, 0.1) is 16.6 Å². The van der Waals surface area contributed by atoms with E-state index in [1.807, 2.05) is 0 Å². The van der Waals surface area contributed by atoms with Crippen LogP contribution < -0.4 is 4.74 Å². The van der Waals surface area contributed by atoms with Gasteiger partial charge in [-0.3, -0.25) is 0 Å². The Morgan fingerprint density at radius 2 is 1.89 bits per heavy atom. The van der Waals surface area contributed by atoms with E-state index in [1.54, 1.807) is 18.2 Å². The first-order valence-corrected chi connectivity index (χ1v) is 7.60. The number of halogens is 1. The molecular formula is C15H21BrO3. The molecule has 0 radical (unpaired) electrons. The molecule has 3 nitrogen and oxygen atoms in total. The van der Waals surface area contributed by atoms with Crippen LogP contribution >= 0.6 is 15.9 Å². The van der Waals surface area contributed by atoms with E-state index in [0.717, 1.165) is 6.42 Å². The van der Waals surface area contributed by atoms with E-state index in [-0.39, 0.29) is 5.56 Å². The third-order valence-electron chi connectivity index (χ3n) is 2.93. The molecule has 0 aliphatic heterocycles. The van der Waals surface area contributed by atoms with E-state index < -0.39 is 5.97 Å². The number of rotatable bonds is 9. The second-order valence-corrected chi connectivity index (χ2v) is 5.42. The van der Waals surface area contributed by atoms with Crippen LogP contribution in [0.25, 0.3) is 0 Å². The molecule has 0 spiro atoms. The molecule has 0 aliphatic rings. The summed E-state index contributed by atoms with van der Waals surface area (Å²) in [6.07, 6.45) is 7.36. The van der Waals surface area contributed by atoms with E-state index in [0.29, 0.717) is 16.8 Å². The Morgan fingerprint density at radius 1 is 1.21 bits per heavy atom. The molecule has 0 saturated heterocycles. The Hall–Kier alpha value is -1.03. The Balaban J connectivity index is 2.28. The molecule has 106 valence electrons. The summed E-state index contributed by atoms with van der Waals surface area (Å²) in [5, 5.41) is 8.86. The summed E-state index contributed by atoms with van der Waals surface area (Å²) in [5.41, 5.74) is 0.263. The Labute approximate surface area is 123 Å². The molecule has 0 bridgehead atoms. The van der Waals surface area contributed by atoms with E-state index in [1.165, 1.54) is 32.1 Å². The Morgan fingerprint density at radius 3 is 2.53 bits per heavy atom. The summed E-state index contributed by atoms with van der Waals surface area (Å²) in [7, 11) is 0. The van der Waals surface area contributed by atoms with Crippen molar-refractivity contribution in [2.45, 2.75) is 45.4 Å². The fourth-order valence-electron chi connectivity index (χ4n) is 1.82. The van der Waals surface area contributed by atoms with E-state index in [4.69, 9.17) is 9.84 Å².